The lowest BCUT2D eigenvalue weighted by Gasteiger charge is -2.32. The van der Waals surface area contributed by atoms with Gasteiger partial charge < -0.3 is 15.2 Å². The maximum Gasteiger partial charge on any atom is 0.335 e. The van der Waals surface area contributed by atoms with Crippen LogP contribution < -0.4 is 10.1 Å². The number of carboxylic acids is 1. The summed E-state index contributed by atoms with van der Waals surface area (Å²) in [6, 6.07) is 14.1. The molecule has 2 N–H and O–H groups in total. The summed E-state index contributed by atoms with van der Waals surface area (Å²) < 4.78 is 7.08. The molecule has 8 nitrogen and oxygen atoms in total. The second-order valence-electron chi connectivity index (χ2n) is 7.92. The Morgan fingerprint density at radius 3 is 2.64 bits per heavy atom. The molecule has 168 valence electrons. The number of ether oxygens (including phenoxy) is 1. The first-order valence-electron chi connectivity index (χ1n) is 10.6. The van der Waals surface area contributed by atoms with Crippen LogP contribution in [0.2, 0.25) is 0 Å². The van der Waals surface area contributed by atoms with E-state index < -0.39 is 5.97 Å². The van der Waals surface area contributed by atoms with Gasteiger partial charge in [-0.25, -0.2) is 9.48 Å². The summed E-state index contributed by atoms with van der Waals surface area (Å²) >= 11 is 1.46. The van der Waals surface area contributed by atoms with Crippen molar-refractivity contribution in [3.63, 3.8) is 0 Å². The number of carbonyl (C=O) groups excluding carboxylic acids is 1. The van der Waals surface area contributed by atoms with Crippen molar-refractivity contribution in [1.29, 1.82) is 0 Å². The number of aromatic carboxylic acids is 1. The molecule has 1 aromatic heterocycles. The Hall–Kier alpha value is -3.59. The molecule has 5 rings (SSSR count). The lowest BCUT2D eigenvalue weighted by Crippen LogP contribution is -2.31. The number of methoxy groups -OCH3 is 1. The van der Waals surface area contributed by atoms with Gasteiger partial charge in [0.05, 0.1) is 12.7 Å². The second-order valence-corrected chi connectivity index (χ2v) is 8.87. The maximum absolute atomic E-state index is 12.9. The number of aromatic nitrogens is 3. The average Bonchev–Trinajstić information content (AvgIpc) is 3.24. The summed E-state index contributed by atoms with van der Waals surface area (Å²) in [7, 11) is 1.62. The number of hydrogen-bond acceptors (Lipinski definition) is 7. The topological polar surface area (TPSA) is 106 Å². The summed E-state index contributed by atoms with van der Waals surface area (Å²) in [5, 5.41) is 17.7. The molecule has 2 aromatic carbocycles. The second kappa shape index (κ2) is 8.74. The van der Waals surface area contributed by atoms with Gasteiger partial charge in [0.2, 0.25) is 11.1 Å². The first kappa shape index (κ1) is 21.3. The number of benzene rings is 2. The number of carbonyl (C=O) groups is 2. The Kier molecular flexibility index (Phi) is 5.63. The van der Waals surface area contributed by atoms with E-state index in [1.807, 2.05) is 24.3 Å². The summed E-state index contributed by atoms with van der Waals surface area (Å²) in [4.78, 5) is 28.6. The Balaban J connectivity index is 1.44. The van der Waals surface area contributed by atoms with Crippen LogP contribution in [0.4, 0.5) is 5.95 Å². The fourth-order valence-electron chi connectivity index (χ4n) is 4.18. The van der Waals surface area contributed by atoms with Gasteiger partial charge in [0.15, 0.2) is 5.78 Å². The maximum atomic E-state index is 12.9. The molecule has 0 fully saturated rings. The zero-order valence-electron chi connectivity index (χ0n) is 17.9. The van der Waals surface area contributed by atoms with Gasteiger partial charge in [-0.3, -0.25) is 4.79 Å². The summed E-state index contributed by atoms with van der Waals surface area (Å²) in [6.45, 7) is 0. The van der Waals surface area contributed by atoms with E-state index in [0.717, 1.165) is 41.0 Å². The number of carboxylic acid groups (broad SMARTS) is 1. The number of fused-ring (bicyclic) bond motifs is 1. The first-order valence-corrected chi connectivity index (χ1v) is 11.6. The van der Waals surface area contributed by atoms with Gasteiger partial charge in [-0.15, -0.1) is 5.10 Å². The van der Waals surface area contributed by atoms with Crippen LogP contribution in [-0.2, 0) is 10.5 Å². The molecule has 1 aliphatic heterocycles. The van der Waals surface area contributed by atoms with E-state index in [1.165, 1.54) is 11.8 Å². The van der Waals surface area contributed by atoms with Gasteiger partial charge in [-0.2, -0.15) is 4.98 Å². The predicted octanol–water partition coefficient (Wildman–Crippen LogP) is 4.30. The van der Waals surface area contributed by atoms with Crippen molar-refractivity contribution in [2.45, 2.75) is 36.2 Å². The number of ketones is 1. The quantitative estimate of drug-likeness (QED) is 0.522. The molecule has 0 amide bonds. The zero-order chi connectivity index (χ0) is 22.9. The van der Waals surface area contributed by atoms with Crippen molar-refractivity contribution in [2.75, 3.05) is 12.4 Å². The molecular formula is C24H22N4O4S. The molecule has 0 radical (unpaired) electrons. The third-order valence-corrected chi connectivity index (χ3v) is 6.76. The average molecular weight is 463 g/mol. The van der Waals surface area contributed by atoms with Crippen LogP contribution in [0.3, 0.4) is 0 Å². The number of rotatable bonds is 6. The van der Waals surface area contributed by atoms with Crippen LogP contribution in [0.1, 0.15) is 46.8 Å². The highest BCUT2D eigenvalue weighted by Gasteiger charge is 2.36. The molecule has 9 heteroatoms. The highest BCUT2D eigenvalue weighted by atomic mass is 32.2. The summed E-state index contributed by atoms with van der Waals surface area (Å²) in [5.41, 5.74) is 3.86. The van der Waals surface area contributed by atoms with Crippen LogP contribution in [0.5, 0.6) is 5.75 Å². The van der Waals surface area contributed by atoms with Gasteiger partial charge in [0, 0.05) is 23.4 Å². The van der Waals surface area contributed by atoms with Crippen molar-refractivity contribution >= 4 is 29.5 Å². The number of anilines is 1. The predicted molar refractivity (Wildman–Crippen MR) is 124 cm³/mol. The lowest BCUT2D eigenvalue weighted by molar-refractivity contribution is -0.116. The van der Waals surface area contributed by atoms with Crippen molar-refractivity contribution < 1.29 is 19.4 Å². The first-order chi connectivity index (χ1) is 16.0. The Morgan fingerprint density at radius 1 is 1.18 bits per heavy atom. The monoisotopic (exact) mass is 462 g/mol. The van der Waals surface area contributed by atoms with Crippen molar-refractivity contribution in [2.24, 2.45) is 0 Å². The van der Waals surface area contributed by atoms with Gasteiger partial charge in [0.25, 0.3) is 0 Å². The number of nitrogens with one attached hydrogen (secondary N) is 1. The van der Waals surface area contributed by atoms with E-state index in [9.17, 15) is 9.59 Å². The third kappa shape index (κ3) is 4.11. The number of hydrogen-bond donors (Lipinski definition) is 2. The van der Waals surface area contributed by atoms with E-state index in [0.29, 0.717) is 23.3 Å². The van der Waals surface area contributed by atoms with Crippen LogP contribution in [-0.4, -0.2) is 38.7 Å². The molecule has 2 aliphatic rings. The van der Waals surface area contributed by atoms with Crippen molar-refractivity contribution in [3.05, 3.63) is 76.5 Å². The van der Waals surface area contributed by atoms with Gasteiger partial charge in [0.1, 0.15) is 11.8 Å². The number of thioether (sulfide) groups is 1. The molecule has 1 aliphatic carbocycles. The van der Waals surface area contributed by atoms with E-state index in [1.54, 1.807) is 36.1 Å². The Labute approximate surface area is 194 Å². The molecule has 2 heterocycles. The summed E-state index contributed by atoms with van der Waals surface area (Å²) in [5.74, 6) is 1.16. The Bertz CT molecular complexity index is 1250. The minimum atomic E-state index is -0.945. The standard InChI is InChI=1S/C24H22N4O4S/c1-32-17-11-9-15(10-12-17)21-20-18(3-2-4-19(20)29)25-23-26-24(27-28(21)23)33-13-14-5-7-16(8-6-14)22(30)31/h5-12,21H,2-4,13H2,1H3,(H,30,31)(H,25,26,27). The highest BCUT2D eigenvalue weighted by molar-refractivity contribution is 7.98. The Morgan fingerprint density at radius 2 is 1.94 bits per heavy atom. The minimum Gasteiger partial charge on any atom is -0.497 e. The molecular weight excluding hydrogens is 440 g/mol. The van der Waals surface area contributed by atoms with Crippen molar-refractivity contribution in [1.82, 2.24) is 14.8 Å². The van der Waals surface area contributed by atoms with Crippen LogP contribution in [0.15, 0.2) is 65.0 Å². The van der Waals surface area contributed by atoms with Gasteiger partial charge in [-0.1, -0.05) is 36.0 Å². The number of nitrogens with zero attached hydrogens (tertiary/aromatic N) is 3. The van der Waals surface area contributed by atoms with E-state index in [-0.39, 0.29) is 17.4 Å². The fraction of sp³-hybridized carbons (Fsp3) is 0.250. The molecule has 1 unspecified atom stereocenters. The van der Waals surface area contributed by atoms with Gasteiger partial charge >= 0.3 is 5.97 Å². The number of allylic oxidation sites excluding steroid dienone is 2. The lowest BCUT2D eigenvalue weighted by atomic mass is 9.85. The van der Waals surface area contributed by atoms with Gasteiger partial charge in [-0.05, 0) is 48.2 Å². The normalized spacial score (nSPS) is 17.2. The fourth-order valence-corrected chi connectivity index (χ4v) is 4.97. The number of Topliss-reactive ketones (excluding diaryl/α,β-unsaturated/α-hetero) is 1. The molecule has 0 bridgehead atoms. The molecule has 0 saturated heterocycles. The van der Waals surface area contributed by atoms with Crippen LogP contribution in [0, 0.1) is 0 Å². The molecule has 0 saturated carbocycles. The molecule has 1 atom stereocenters. The largest absolute Gasteiger partial charge is 0.497 e. The van der Waals surface area contributed by atoms with E-state index >= 15 is 0 Å². The smallest absolute Gasteiger partial charge is 0.335 e. The SMILES string of the molecule is COc1ccc(C2C3=C(CCCC3=O)Nc3nc(SCc4ccc(C(=O)O)cc4)nn32)cc1. The molecule has 3 aromatic rings. The highest BCUT2D eigenvalue weighted by Crippen LogP contribution is 2.41. The van der Waals surface area contributed by atoms with E-state index in [4.69, 9.17) is 14.9 Å². The minimum absolute atomic E-state index is 0.137. The van der Waals surface area contributed by atoms with Crippen LogP contribution in [0.25, 0.3) is 0 Å². The molecule has 33 heavy (non-hydrogen) atoms. The summed E-state index contributed by atoms with van der Waals surface area (Å²) in [6.07, 6.45) is 2.16. The zero-order valence-corrected chi connectivity index (χ0v) is 18.8. The van der Waals surface area contributed by atoms with Crippen molar-refractivity contribution in [3.8, 4) is 5.75 Å². The van der Waals surface area contributed by atoms with Crippen LogP contribution >= 0.6 is 11.8 Å². The molecule has 0 spiro atoms. The van der Waals surface area contributed by atoms with E-state index in [2.05, 4.69) is 10.3 Å². The third-order valence-electron chi connectivity index (χ3n) is 5.85.